The maximum atomic E-state index is 10.9. The van der Waals surface area contributed by atoms with Crippen molar-refractivity contribution < 1.29 is 22.5 Å². The summed E-state index contributed by atoms with van der Waals surface area (Å²) in [5, 5.41) is 0. The molecule has 0 bridgehead atoms. The zero-order valence-corrected chi connectivity index (χ0v) is 8.30. The van der Waals surface area contributed by atoms with E-state index < -0.39 is 23.6 Å². The fourth-order valence-electron chi connectivity index (χ4n) is 0.483. The molecule has 0 amide bonds. The van der Waals surface area contributed by atoms with E-state index in [1.54, 1.807) is 6.92 Å². The lowest BCUT2D eigenvalue weighted by atomic mass is 10.3. The van der Waals surface area contributed by atoms with Crippen LogP contribution in [0, 0.1) is 0 Å². The molecule has 0 spiro atoms. The molecular weight excluding hydrogens is 196 g/mol. The van der Waals surface area contributed by atoms with Gasteiger partial charge in [0.2, 0.25) is 6.29 Å². The number of hydrogen-bond donors (Lipinski definition) is 1. The van der Waals surface area contributed by atoms with Gasteiger partial charge in [-0.3, -0.25) is 4.55 Å². The van der Waals surface area contributed by atoms with Gasteiger partial charge < -0.3 is 4.74 Å². The molecule has 5 nitrogen and oxygen atoms in total. The van der Waals surface area contributed by atoms with Crippen LogP contribution in [0.2, 0.25) is 0 Å². The fourth-order valence-corrected chi connectivity index (χ4v) is 0.842. The zero-order valence-electron chi connectivity index (χ0n) is 7.48. The topological polar surface area (TPSA) is 72.8 Å². The van der Waals surface area contributed by atoms with Crippen molar-refractivity contribution in [1.82, 2.24) is 0 Å². The highest BCUT2D eigenvalue weighted by Crippen LogP contribution is 2.05. The van der Waals surface area contributed by atoms with Crippen LogP contribution >= 0.6 is 0 Å². The van der Waals surface area contributed by atoms with Crippen LogP contribution in [-0.4, -0.2) is 21.0 Å². The number of hydrogen-bond acceptors (Lipinski definition) is 4. The molecule has 0 aliphatic rings. The molecule has 0 aromatic carbocycles. The predicted octanol–water partition coefficient (Wildman–Crippen LogP) is 0.995. The monoisotopic (exact) mass is 208 g/mol. The molecule has 0 radical (unpaired) electrons. The van der Waals surface area contributed by atoms with Gasteiger partial charge in [-0.15, -0.1) is 0 Å². The van der Waals surface area contributed by atoms with Crippen LogP contribution in [0.4, 0.5) is 0 Å². The van der Waals surface area contributed by atoms with Gasteiger partial charge in [-0.05, 0) is 6.92 Å². The summed E-state index contributed by atoms with van der Waals surface area (Å²) in [7, 11) is 0. The molecule has 0 heterocycles. The first kappa shape index (κ1) is 12.3. The Balaban J connectivity index is 4.05. The van der Waals surface area contributed by atoms with Crippen molar-refractivity contribution in [2.75, 3.05) is 0 Å². The lowest BCUT2D eigenvalue weighted by molar-refractivity contribution is -0.158. The van der Waals surface area contributed by atoms with Gasteiger partial charge in [0.25, 0.3) is 0 Å². The van der Waals surface area contributed by atoms with Crippen LogP contribution in [0.15, 0.2) is 12.2 Å². The minimum absolute atomic E-state index is 0.214. The number of esters is 1. The van der Waals surface area contributed by atoms with E-state index >= 15 is 0 Å². The summed E-state index contributed by atoms with van der Waals surface area (Å²) in [5.41, 5.74) is 0.214. The Morgan fingerprint density at radius 3 is 2.54 bits per heavy atom. The molecule has 0 aromatic rings. The summed E-state index contributed by atoms with van der Waals surface area (Å²) < 4.78 is 27.6. The Labute approximate surface area is 79.2 Å². The van der Waals surface area contributed by atoms with Crippen LogP contribution in [0.5, 0.6) is 0 Å². The molecule has 0 saturated heterocycles. The maximum Gasteiger partial charge on any atom is 0.335 e. The van der Waals surface area contributed by atoms with Gasteiger partial charge in [0.1, 0.15) is 0 Å². The average molecular weight is 208 g/mol. The second-order valence-electron chi connectivity index (χ2n) is 2.34. The molecule has 13 heavy (non-hydrogen) atoms. The number of ether oxygens (including phenoxy) is 1. The zero-order chi connectivity index (χ0) is 10.4. The van der Waals surface area contributed by atoms with Crippen LogP contribution in [0.3, 0.4) is 0 Å². The molecule has 1 N–H and O–H groups in total. The van der Waals surface area contributed by atoms with E-state index in [0.29, 0.717) is 6.42 Å². The fraction of sp³-hybridized carbons (Fsp3) is 0.571. The third-order valence-electron chi connectivity index (χ3n) is 1.11. The normalized spacial score (nSPS) is 14.7. The van der Waals surface area contributed by atoms with E-state index in [9.17, 15) is 9.00 Å². The number of rotatable bonds is 5. The number of carbonyl (C=O) groups is 1. The average Bonchev–Trinajstić information content (AvgIpc) is 2.02. The van der Waals surface area contributed by atoms with Crippen molar-refractivity contribution in [3.8, 4) is 0 Å². The molecule has 0 aliphatic carbocycles. The molecular formula is C7H12O5S. The van der Waals surface area contributed by atoms with Gasteiger partial charge in [0, 0.05) is 12.0 Å². The molecule has 2 atom stereocenters. The molecule has 0 fully saturated rings. The van der Waals surface area contributed by atoms with Gasteiger partial charge in [-0.25, -0.2) is 8.98 Å². The molecule has 0 rings (SSSR count). The highest BCUT2D eigenvalue weighted by Gasteiger charge is 2.15. The van der Waals surface area contributed by atoms with Gasteiger partial charge in [-0.2, -0.15) is 4.21 Å². The first-order valence-electron chi connectivity index (χ1n) is 3.61. The smallest absolute Gasteiger partial charge is 0.335 e. The highest BCUT2D eigenvalue weighted by molar-refractivity contribution is 7.74. The highest BCUT2D eigenvalue weighted by atomic mass is 32.2. The Kier molecular flexibility index (Phi) is 5.52. The van der Waals surface area contributed by atoms with Crippen LogP contribution in [0.25, 0.3) is 0 Å². The Morgan fingerprint density at radius 2 is 2.23 bits per heavy atom. The summed E-state index contributed by atoms with van der Waals surface area (Å²) in [5.74, 6) is -0.641. The lowest BCUT2D eigenvalue weighted by Gasteiger charge is -2.13. The van der Waals surface area contributed by atoms with Crippen molar-refractivity contribution in [3.63, 3.8) is 0 Å². The molecule has 0 aliphatic heterocycles. The second-order valence-corrected chi connectivity index (χ2v) is 2.96. The van der Waals surface area contributed by atoms with Crippen molar-refractivity contribution in [1.29, 1.82) is 0 Å². The second kappa shape index (κ2) is 5.85. The maximum absolute atomic E-state index is 10.9. The van der Waals surface area contributed by atoms with Gasteiger partial charge in [0.15, 0.2) is 0 Å². The molecule has 76 valence electrons. The summed E-state index contributed by atoms with van der Waals surface area (Å²) in [6.07, 6.45) is -0.708. The number of carbonyl (C=O) groups excluding carboxylic acids is 1. The van der Waals surface area contributed by atoms with Crippen LogP contribution < -0.4 is 0 Å². The third kappa shape index (κ3) is 5.51. The first-order valence-corrected chi connectivity index (χ1v) is 4.65. The van der Waals surface area contributed by atoms with E-state index in [1.165, 1.54) is 6.92 Å². The van der Waals surface area contributed by atoms with Gasteiger partial charge in [0.05, 0.1) is 0 Å². The van der Waals surface area contributed by atoms with Crippen LogP contribution in [0.1, 0.15) is 20.3 Å². The van der Waals surface area contributed by atoms with E-state index in [0.717, 1.165) is 0 Å². The van der Waals surface area contributed by atoms with E-state index in [1.807, 2.05) is 0 Å². The van der Waals surface area contributed by atoms with E-state index in [-0.39, 0.29) is 5.57 Å². The van der Waals surface area contributed by atoms with Crippen LogP contribution in [-0.2, 0) is 25.1 Å². The Morgan fingerprint density at radius 1 is 1.69 bits per heavy atom. The summed E-state index contributed by atoms with van der Waals surface area (Å²) >= 11 is -2.43. The van der Waals surface area contributed by atoms with Crippen molar-refractivity contribution in [2.24, 2.45) is 0 Å². The summed E-state index contributed by atoms with van der Waals surface area (Å²) in [4.78, 5) is 10.9. The van der Waals surface area contributed by atoms with Crippen molar-refractivity contribution >= 4 is 17.3 Å². The third-order valence-corrected chi connectivity index (χ3v) is 1.49. The van der Waals surface area contributed by atoms with Crippen molar-refractivity contribution in [2.45, 2.75) is 26.6 Å². The SMILES string of the molecule is C=C(C)C(=O)OC(CC)OS(=O)O. The molecule has 0 saturated carbocycles. The largest absolute Gasteiger partial charge is 0.431 e. The summed E-state index contributed by atoms with van der Waals surface area (Å²) in [6.45, 7) is 6.49. The molecule has 6 heteroatoms. The minimum Gasteiger partial charge on any atom is -0.431 e. The lowest BCUT2D eigenvalue weighted by Crippen LogP contribution is -2.21. The van der Waals surface area contributed by atoms with Gasteiger partial charge in [-0.1, -0.05) is 13.5 Å². The predicted molar refractivity (Wildman–Crippen MR) is 46.8 cm³/mol. The van der Waals surface area contributed by atoms with Gasteiger partial charge >= 0.3 is 17.3 Å². The van der Waals surface area contributed by atoms with E-state index in [2.05, 4.69) is 15.5 Å². The summed E-state index contributed by atoms with van der Waals surface area (Å²) in [6, 6.07) is 0. The van der Waals surface area contributed by atoms with E-state index in [4.69, 9.17) is 4.55 Å². The Hall–Kier alpha value is -0.720. The van der Waals surface area contributed by atoms with Crippen molar-refractivity contribution in [3.05, 3.63) is 12.2 Å². The molecule has 0 aromatic heterocycles. The molecule has 2 unspecified atom stereocenters. The minimum atomic E-state index is -2.43. The standard InChI is InChI=1S/C7H12O5S/c1-4-6(12-13(9)10)11-7(8)5(2)3/h6H,2,4H2,1,3H3,(H,9,10). The Bertz CT molecular complexity index is 225. The quantitative estimate of drug-likeness (QED) is 0.316. The first-order chi connectivity index (χ1) is 5.97.